The number of ether oxygens (including phenoxy) is 1. The summed E-state index contributed by atoms with van der Waals surface area (Å²) in [7, 11) is 1.31. The van der Waals surface area contributed by atoms with Crippen molar-refractivity contribution in [2.45, 2.75) is 32.7 Å². The van der Waals surface area contributed by atoms with Crippen LogP contribution in [0.3, 0.4) is 0 Å². The van der Waals surface area contributed by atoms with Crippen LogP contribution in [0.15, 0.2) is 6.33 Å². The van der Waals surface area contributed by atoms with E-state index in [-0.39, 0.29) is 30.8 Å². The highest BCUT2D eigenvalue weighted by Crippen LogP contribution is 2.19. The third-order valence-electron chi connectivity index (χ3n) is 2.96. The van der Waals surface area contributed by atoms with Crippen LogP contribution in [0.4, 0.5) is 0 Å². The molecule has 0 radical (unpaired) electrons. The largest absolute Gasteiger partial charge is 0.469 e. The molecular formula is C11H19N5O3. The zero-order valence-electron chi connectivity index (χ0n) is 11.4. The third kappa shape index (κ3) is 4.31. The number of carbonyl (C=O) groups excluding carboxylic acids is 2. The second kappa shape index (κ2) is 7.45. The quantitative estimate of drug-likeness (QED) is 0.696. The summed E-state index contributed by atoms with van der Waals surface area (Å²) in [5.74, 6) is -0.477. The van der Waals surface area contributed by atoms with Crippen molar-refractivity contribution in [3.05, 3.63) is 6.33 Å². The molecule has 8 nitrogen and oxygen atoms in total. The summed E-state index contributed by atoms with van der Waals surface area (Å²) >= 11 is 0. The number of methoxy groups -OCH3 is 1. The lowest BCUT2D eigenvalue weighted by atomic mass is 9.98. The van der Waals surface area contributed by atoms with E-state index in [1.54, 1.807) is 0 Å². The summed E-state index contributed by atoms with van der Waals surface area (Å²) in [5, 5.41) is 13.5. The van der Waals surface area contributed by atoms with E-state index in [1.807, 2.05) is 13.8 Å². The molecule has 1 aromatic heterocycles. The van der Waals surface area contributed by atoms with Gasteiger partial charge >= 0.3 is 5.97 Å². The Bertz CT molecular complexity index is 406. The monoisotopic (exact) mass is 269 g/mol. The van der Waals surface area contributed by atoms with Gasteiger partial charge in [0.15, 0.2) is 0 Å². The summed E-state index contributed by atoms with van der Waals surface area (Å²) in [4.78, 5) is 23.1. The molecular weight excluding hydrogens is 250 g/mol. The molecule has 1 N–H and O–H groups in total. The number of amides is 1. The molecule has 0 aliphatic rings. The summed E-state index contributed by atoms with van der Waals surface area (Å²) < 4.78 is 5.94. The van der Waals surface area contributed by atoms with Gasteiger partial charge in [-0.05, 0) is 16.3 Å². The van der Waals surface area contributed by atoms with E-state index in [9.17, 15) is 9.59 Å². The highest BCUT2D eigenvalue weighted by molar-refractivity contribution is 5.81. The molecule has 1 rings (SSSR count). The number of hydrogen-bond acceptors (Lipinski definition) is 6. The molecule has 0 aliphatic carbocycles. The molecule has 0 aromatic carbocycles. The van der Waals surface area contributed by atoms with Crippen LogP contribution in [0.25, 0.3) is 0 Å². The van der Waals surface area contributed by atoms with Gasteiger partial charge in [0.05, 0.1) is 13.5 Å². The van der Waals surface area contributed by atoms with Gasteiger partial charge in [-0.2, -0.15) is 0 Å². The van der Waals surface area contributed by atoms with Crippen LogP contribution < -0.4 is 5.32 Å². The Balaban J connectivity index is 2.61. The molecule has 0 saturated heterocycles. The first-order valence-corrected chi connectivity index (χ1v) is 6.17. The van der Waals surface area contributed by atoms with Gasteiger partial charge in [0.25, 0.3) is 0 Å². The molecule has 106 valence electrons. The standard InChI is InChI=1S/C11H19N5O3/c1-4-8(2)10(16-7-13-14-15-16)11(18)12-6-5-9(17)19-3/h7-8,10H,4-6H2,1-3H3,(H,12,18)/t8-,10-/m0/s1. The molecule has 19 heavy (non-hydrogen) atoms. The zero-order valence-corrected chi connectivity index (χ0v) is 11.4. The first kappa shape index (κ1) is 15.1. The summed E-state index contributed by atoms with van der Waals surface area (Å²) in [5.41, 5.74) is 0. The highest BCUT2D eigenvalue weighted by atomic mass is 16.5. The van der Waals surface area contributed by atoms with Crippen molar-refractivity contribution < 1.29 is 14.3 Å². The van der Waals surface area contributed by atoms with Crippen LogP contribution in [-0.4, -0.2) is 45.7 Å². The van der Waals surface area contributed by atoms with Crippen LogP contribution in [-0.2, 0) is 14.3 Å². The third-order valence-corrected chi connectivity index (χ3v) is 2.96. The van der Waals surface area contributed by atoms with Gasteiger partial charge in [-0.25, -0.2) is 4.68 Å². The first-order valence-electron chi connectivity index (χ1n) is 6.17. The van der Waals surface area contributed by atoms with Crippen LogP contribution >= 0.6 is 0 Å². The lowest BCUT2D eigenvalue weighted by Crippen LogP contribution is -2.37. The Morgan fingerprint density at radius 2 is 2.21 bits per heavy atom. The van der Waals surface area contributed by atoms with Gasteiger partial charge in [-0.15, -0.1) is 5.10 Å². The van der Waals surface area contributed by atoms with Crippen molar-refractivity contribution >= 4 is 11.9 Å². The van der Waals surface area contributed by atoms with E-state index in [0.29, 0.717) is 0 Å². The molecule has 1 heterocycles. The van der Waals surface area contributed by atoms with Crippen molar-refractivity contribution in [1.29, 1.82) is 0 Å². The average Bonchev–Trinajstić information content (AvgIpc) is 2.92. The topological polar surface area (TPSA) is 99.0 Å². The maximum absolute atomic E-state index is 12.1. The normalized spacial score (nSPS) is 13.6. The molecule has 0 spiro atoms. The van der Waals surface area contributed by atoms with Crippen LogP contribution in [0.2, 0.25) is 0 Å². The maximum atomic E-state index is 12.1. The number of tetrazole rings is 1. The smallest absolute Gasteiger partial charge is 0.307 e. The van der Waals surface area contributed by atoms with E-state index in [4.69, 9.17) is 0 Å². The number of aromatic nitrogens is 4. The highest BCUT2D eigenvalue weighted by Gasteiger charge is 2.26. The van der Waals surface area contributed by atoms with E-state index in [0.717, 1.165) is 6.42 Å². The van der Waals surface area contributed by atoms with E-state index in [2.05, 4.69) is 25.6 Å². The van der Waals surface area contributed by atoms with Gasteiger partial charge in [-0.1, -0.05) is 20.3 Å². The predicted octanol–water partition coefficient (Wildman–Crippen LogP) is -0.0604. The summed E-state index contributed by atoms with van der Waals surface area (Å²) in [6.07, 6.45) is 2.37. The van der Waals surface area contributed by atoms with Crippen molar-refractivity contribution in [2.24, 2.45) is 5.92 Å². The van der Waals surface area contributed by atoms with Crippen molar-refractivity contribution in [2.75, 3.05) is 13.7 Å². The lowest BCUT2D eigenvalue weighted by molar-refractivity contribution is -0.140. The molecule has 0 fully saturated rings. The molecule has 2 atom stereocenters. The van der Waals surface area contributed by atoms with Gasteiger partial charge in [0.1, 0.15) is 12.4 Å². The molecule has 8 heteroatoms. The Morgan fingerprint density at radius 3 is 2.74 bits per heavy atom. The van der Waals surface area contributed by atoms with E-state index < -0.39 is 6.04 Å². The second-order valence-electron chi connectivity index (χ2n) is 4.24. The van der Waals surface area contributed by atoms with Crippen molar-refractivity contribution in [3.8, 4) is 0 Å². The fraction of sp³-hybridized carbons (Fsp3) is 0.727. The van der Waals surface area contributed by atoms with Crippen molar-refractivity contribution in [3.63, 3.8) is 0 Å². The number of carbonyl (C=O) groups is 2. The van der Waals surface area contributed by atoms with Gasteiger partial charge in [-0.3, -0.25) is 9.59 Å². The van der Waals surface area contributed by atoms with Gasteiger partial charge < -0.3 is 10.1 Å². The Kier molecular flexibility index (Phi) is 5.91. The molecule has 0 bridgehead atoms. The van der Waals surface area contributed by atoms with Gasteiger partial charge in [0.2, 0.25) is 5.91 Å². The number of nitrogens with one attached hydrogen (secondary N) is 1. The molecule has 1 aromatic rings. The minimum atomic E-state index is -0.474. The molecule has 0 saturated carbocycles. The Morgan fingerprint density at radius 1 is 1.47 bits per heavy atom. The molecule has 0 unspecified atom stereocenters. The Hall–Kier alpha value is -1.99. The first-order chi connectivity index (χ1) is 9.10. The van der Waals surface area contributed by atoms with E-state index in [1.165, 1.54) is 18.1 Å². The predicted molar refractivity (Wildman–Crippen MR) is 66.0 cm³/mol. The zero-order chi connectivity index (χ0) is 14.3. The second-order valence-corrected chi connectivity index (χ2v) is 4.24. The lowest BCUT2D eigenvalue weighted by Gasteiger charge is -2.21. The molecule has 0 aliphatic heterocycles. The number of hydrogen-bond donors (Lipinski definition) is 1. The summed E-state index contributed by atoms with van der Waals surface area (Å²) in [6, 6.07) is -0.474. The van der Waals surface area contributed by atoms with Crippen LogP contribution in [0, 0.1) is 5.92 Å². The van der Waals surface area contributed by atoms with Gasteiger partial charge in [0, 0.05) is 6.54 Å². The average molecular weight is 269 g/mol. The SMILES string of the molecule is CC[C@H](C)[C@@H](C(=O)NCCC(=O)OC)n1cnnn1. The fourth-order valence-electron chi connectivity index (χ4n) is 1.65. The van der Waals surface area contributed by atoms with E-state index >= 15 is 0 Å². The maximum Gasteiger partial charge on any atom is 0.307 e. The minimum absolute atomic E-state index is 0.0848. The number of nitrogens with zero attached hydrogens (tertiary/aromatic N) is 4. The summed E-state index contributed by atoms with van der Waals surface area (Å²) in [6.45, 7) is 4.18. The minimum Gasteiger partial charge on any atom is -0.469 e. The van der Waals surface area contributed by atoms with Crippen LogP contribution in [0.5, 0.6) is 0 Å². The molecule has 1 amide bonds. The number of esters is 1. The van der Waals surface area contributed by atoms with Crippen molar-refractivity contribution in [1.82, 2.24) is 25.5 Å². The number of rotatable bonds is 7. The van der Waals surface area contributed by atoms with Crippen LogP contribution in [0.1, 0.15) is 32.7 Å². The fourth-order valence-corrected chi connectivity index (χ4v) is 1.65. The Labute approximate surface area is 111 Å².